The molecule has 0 saturated carbocycles. The molecule has 0 aliphatic carbocycles. The number of fused-ring (bicyclic) bond motifs is 1. The molecule has 0 spiro atoms. The van der Waals surface area contributed by atoms with E-state index in [9.17, 15) is 4.79 Å². The summed E-state index contributed by atoms with van der Waals surface area (Å²) in [5.41, 5.74) is 5.41. The number of hydrogen-bond acceptors (Lipinski definition) is 3. The van der Waals surface area contributed by atoms with Gasteiger partial charge in [0.05, 0.1) is 0 Å². The minimum absolute atomic E-state index is 0.00122. The SMILES string of the molecule is Cc1ccc(N2CCNCC2)cc1NC(=O)C(C)n1cc(C)c2ccccc21. The number of nitrogens with zero attached hydrogens (tertiary/aromatic N) is 2. The van der Waals surface area contributed by atoms with Crippen molar-refractivity contribution >= 4 is 28.2 Å². The van der Waals surface area contributed by atoms with Gasteiger partial charge < -0.3 is 20.1 Å². The maximum absolute atomic E-state index is 13.1. The van der Waals surface area contributed by atoms with Crippen molar-refractivity contribution < 1.29 is 4.79 Å². The second kappa shape index (κ2) is 7.68. The Balaban J connectivity index is 1.57. The van der Waals surface area contributed by atoms with E-state index in [0.717, 1.165) is 48.6 Å². The quantitative estimate of drug-likeness (QED) is 0.727. The van der Waals surface area contributed by atoms with Crippen LogP contribution in [0.1, 0.15) is 24.1 Å². The number of carbonyl (C=O) groups is 1. The van der Waals surface area contributed by atoms with Crippen molar-refractivity contribution in [2.45, 2.75) is 26.8 Å². The molecule has 5 nitrogen and oxygen atoms in total. The van der Waals surface area contributed by atoms with Crippen molar-refractivity contribution in [2.75, 3.05) is 36.4 Å². The van der Waals surface area contributed by atoms with E-state index in [1.165, 1.54) is 10.9 Å². The lowest BCUT2D eigenvalue weighted by Crippen LogP contribution is -2.43. The maximum atomic E-state index is 13.1. The first-order valence-corrected chi connectivity index (χ1v) is 9.98. The first-order valence-electron chi connectivity index (χ1n) is 9.98. The molecule has 0 bridgehead atoms. The molecule has 5 heteroatoms. The molecule has 1 unspecified atom stereocenters. The number of hydrogen-bond donors (Lipinski definition) is 2. The average molecular weight is 377 g/mol. The third kappa shape index (κ3) is 3.50. The molecular weight excluding hydrogens is 348 g/mol. The molecule has 3 aromatic rings. The number of benzene rings is 2. The van der Waals surface area contributed by atoms with E-state index < -0.39 is 0 Å². The van der Waals surface area contributed by atoms with Gasteiger partial charge in [-0.3, -0.25) is 4.79 Å². The van der Waals surface area contributed by atoms with E-state index in [-0.39, 0.29) is 11.9 Å². The fraction of sp³-hybridized carbons (Fsp3) is 0.348. The normalized spacial score (nSPS) is 15.6. The van der Waals surface area contributed by atoms with Gasteiger partial charge in [-0.05, 0) is 50.1 Å². The highest BCUT2D eigenvalue weighted by atomic mass is 16.2. The van der Waals surface area contributed by atoms with E-state index in [4.69, 9.17) is 0 Å². The maximum Gasteiger partial charge on any atom is 0.247 e. The van der Waals surface area contributed by atoms with Crippen LogP contribution in [0.25, 0.3) is 10.9 Å². The van der Waals surface area contributed by atoms with Gasteiger partial charge >= 0.3 is 0 Å². The predicted octanol–water partition coefficient (Wildman–Crippen LogP) is 3.87. The zero-order valence-electron chi connectivity index (χ0n) is 16.8. The number of aromatic nitrogens is 1. The van der Waals surface area contributed by atoms with Crippen LogP contribution < -0.4 is 15.5 Å². The number of carbonyl (C=O) groups excluding carboxylic acids is 1. The third-order valence-corrected chi connectivity index (χ3v) is 5.70. The Kier molecular flexibility index (Phi) is 5.09. The molecule has 146 valence electrons. The summed E-state index contributed by atoms with van der Waals surface area (Å²) in [6, 6.07) is 14.3. The molecule has 1 aliphatic heterocycles. The number of aryl methyl sites for hydroxylation is 2. The van der Waals surface area contributed by atoms with Gasteiger partial charge in [-0.15, -0.1) is 0 Å². The van der Waals surface area contributed by atoms with E-state index >= 15 is 0 Å². The van der Waals surface area contributed by atoms with E-state index in [0.29, 0.717) is 0 Å². The Morgan fingerprint density at radius 3 is 2.61 bits per heavy atom. The molecule has 1 amide bonds. The second-order valence-corrected chi connectivity index (χ2v) is 7.64. The predicted molar refractivity (Wildman–Crippen MR) is 116 cm³/mol. The Hall–Kier alpha value is -2.79. The van der Waals surface area contributed by atoms with Crippen LogP contribution in [0.15, 0.2) is 48.7 Å². The molecule has 2 heterocycles. The lowest BCUT2D eigenvalue weighted by Gasteiger charge is -2.30. The summed E-state index contributed by atoms with van der Waals surface area (Å²) in [5, 5.41) is 7.73. The molecule has 4 rings (SSSR count). The standard InChI is InChI=1S/C23H28N4O/c1-16-8-9-19(26-12-10-24-11-13-26)14-21(16)25-23(28)18(3)27-15-17(2)20-6-4-5-7-22(20)27/h4-9,14-15,18,24H,10-13H2,1-3H3,(H,25,28). The van der Waals surface area contributed by atoms with Gasteiger partial charge in [0.15, 0.2) is 0 Å². The summed E-state index contributed by atoms with van der Waals surface area (Å²) >= 11 is 0. The molecule has 1 atom stereocenters. The van der Waals surface area contributed by atoms with Crippen LogP contribution in [-0.2, 0) is 4.79 Å². The van der Waals surface area contributed by atoms with Crippen molar-refractivity contribution in [1.82, 2.24) is 9.88 Å². The van der Waals surface area contributed by atoms with Crippen molar-refractivity contribution in [1.29, 1.82) is 0 Å². The van der Waals surface area contributed by atoms with Crippen molar-refractivity contribution in [2.24, 2.45) is 0 Å². The van der Waals surface area contributed by atoms with E-state index in [1.54, 1.807) is 0 Å². The first-order chi connectivity index (χ1) is 13.5. The average Bonchev–Trinajstić information content (AvgIpc) is 3.06. The molecule has 1 saturated heterocycles. The molecular formula is C23H28N4O. The smallest absolute Gasteiger partial charge is 0.247 e. The number of piperazine rings is 1. The summed E-state index contributed by atoms with van der Waals surface area (Å²) < 4.78 is 2.06. The fourth-order valence-corrected chi connectivity index (χ4v) is 3.93. The molecule has 28 heavy (non-hydrogen) atoms. The van der Waals surface area contributed by atoms with E-state index in [1.807, 2.05) is 26.0 Å². The Morgan fingerprint density at radius 2 is 1.82 bits per heavy atom. The highest BCUT2D eigenvalue weighted by Crippen LogP contribution is 2.27. The minimum Gasteiger partial charge on any atom is -0.369 e. The van der Waals surface area contributed by atoms with Crippen LogP contribution in [0.4, 0.5) is 11.4 Å². The molecule has 1 aromatic heterocycles. The van der Waals surface area contributed by atoms with Crippen LogP contribution >= 0.6 is 0 Å². The van der Waals surface area contributed by atoms with Gasteiger partial charge in [0, 0.05) is 54.7 Å². The summed E-state index contributed by atoms with van der Waals surface area (Å²) in [7, 11) is 0. The summed E-state index contributed by atoms with van der Waals surface area (Å²) in [5.74, 6) is 0.00122. The van der Waals surface area contributed by atoms with Gasteiger partial charge in [-0.2, -0.15) is 0 Å². The summed E-state index contributed by atoms with van der Waals surface area (Å²) in [6.45, 7) is 10.0. The van der Waals surface area contributed by atoms with Crippen LogP contribution in [0.3, 0.4) is 0 Å². The van der Waals surface area contributed by atoms with Gasteiger partial charge in [0.1, 0.15) is 6.04 Å². The topological polar surface area (TPSA) is 49.3 Å². The van der Waals surface area contributed by atoms with E-state index in [2.05, 4.69) is 63.6 Å². The zero-order chi connectivity index (χ0) is 19.7. The lowest BCUT2D eigenvalue weighted by atomic mass is 10.1. The number of amides is 1. The number of para-hydroxylation sites is 1. The van der Waals surface area contributed by atoms with Gasteiger partial charge in [-0.1, -0.05) is 24.3 Å². The Labute approximate surface area is 166 Å². The lowest BCUT2D eigenvalue weighted by molar-refractivity contribution is -0.118. The highest BCUT2D eigenvalue weighted by molar-refractivity contribution is 5.96. The Morgan fingerprint density at radius 1 is 1.07 bits per heavy atom. The highest BCUT2D eigenvalue weighted by Gasteiger charge is 2.19. The minimum atomic E-state index is -0.291. The number of anilines is 2. The monoisotopic (exact) mass is 376 g/mol. The fourth-order valence-electron chi connectivity index (χ4n) is 3.93. The first kappa shape index (κ1) is 18.6. The summed E-state index contributed by atoms with van der Waals surface area (Å²) in [6.07, 6.45) is 2.07. The molecule has 2 N–H and O–H groups in total. The Bertz CT molecular complexity index is 1000. The van der Waals surface area contributed by atoms with Crippen LogP contribution in [-0.4, -0.2) is 36.7 Å². The van der Waals surface area contributed by atoms with Crippen molar-refractivity contribution in [3.8, 4) is 0 Å². The largest absolute Gasteiger partial charge is 0.369 e. The number of rotatable bonds is 4. The zero-order valence-corrected chi connectivity index (χ0v) is 16.8. The summed E-state index contributed by atoms with van der Waals surface area (Å²) in [4.78, 5) is 15.4. The van der Waals surface area contributed by atoms with Crippen molar-refractivity contribution in [3.05, 3.63) is 59.8 Å². The molecule has 1 aliphatic rings. The van der Waals surface area contributed by atoms with Gasteiger partial charge in [0.2, 0.25) is 5.91 Å². The molecule has 2 aromatic carbocycles. The van der Waals surface area contributed by atoms with Gasteiger partial charge in [-0.25, -0.2) is 0 Å². The van der Waals surface area contributed by atoms with Crippen molar-refractivity contribution in [3.63, 3.8) is 0 Å². The third-order valence-electron chi connectivity index (χ3n) is 5.70. The van der Waals surface area contributed by atoms with Crippen LogP contribution in [0, 0.1) is 13.8 Å². The second-order valence-electron chi connectivity index (χ2n) is 7.64. The molecule has 1 fully saturated rings. The van der Waals surface area contributed by atoms with Crippen LogP contribution in [0.2, 0.25) is 0 Å². The van der Waals surface area contributed by atoms with Crippen LogP contribution in [0.5, 0.6) is 0 Å². The number of nitrogens with one attached hydrogen (secondary N) is 2. The molecule has 0 radical (unpaired) electrons. The van der Waals surface area contributed by atoms with Gasteiger partial charge in [0.25, 0.3) is 0 Å².